The first kappa shape index (κ1) is 16.8. The molecule has 0 heterocycles. The SMILES string of the molecule is CN(C)CCCNC(=O)Nc1ccc(Oc2ccccc2)cc1. The number of nitrogens with zero attached hydrogens (tertiary/aromatic N) is 1. The van der Waals surface area contributed by atoms with E-state index in [1.807, 2.05) is 68.7 Å². The van der Waals surface area contributed by atoms with Gasteiger partial charge in [0.2, 0.25) is 0 Å². The van der Waals surface area contributed by atoms with E-state index in [9.17, 15) is 4.79 Å². The molecule has 2 aromatic rings. The van der Waals surface area contributed by atoms with Crippen molar-refractivity contribution in [3.05, 3.63) is 54.6 Å². The summed E-state index contributed by atoms with van der Waals surface area (Å²) < 4.78 is 5.71. The molecule has 2 rings (SSSR count). The number of anilines is 1. The van der Waals surface area contributed by atoms with E-state index in [1.165, 1.54) is 0 Å². The third-order valence-corrected chi connectivity index (χ3v) is 3.16. The van der Waals surface area contributed by atoms with Crippen molar-refractivity contribution in [1.29, 1.82) is 0 Å². The Morgan fingerprint density at radius 3 is 2.30 bits per heavy atom. The lowest BCUT2D eigenvalue weighted by Crippen LogP contribution is -2.31. The standard InChI is InChI=1S/C18H23N3O2/c1-21(2)14-6-13-19-18(22)20-15-9-11-17(12-10-15)23-16-7-4-3-5-8-16/h3-5,7-12H,6,13-14H2,1-2H3,(H2,19,20,22). The number of ether oxygens (including phenoxy) is 1. The molecule has 2 amide bonds. The summed E-state index contributed by atoms with van der Waals surface area (Å²) in [6.07, 6.45) is 0.921. The van der Waals surface area contributed by atoms with Crippen LogP contribution in [0.4, 0.5) is 10.5 Å². The molecule has 5 heteroatoms. The van der Waals surface area contributed by atoms with E-state index in [4.69, 9.17) is 4.74 Å². The van der Waals surface area contributed by atoms with Crippen LogP contribution in [0.2, 0.25) is 0 Å². The molecule has 0 unspecified atom stereocenters. The van der Waals surface area contributed by atoms with Gasteiger partial charge >= 0.3 is 6.03 Å². The van der Waals surface area contributed by atoms with Gasteiger partial charge in [0.25, 0.3) is 0 Å². The summed E-state index contributed by atoms with van der Waals surface area (Å²) in [5.41, 5.74) is 0.732. The number of rotatable bonds is 7. The van der Waals surface area contributed by atoms with E-state index in [1.54, 1.807) is 0 Å². The fourth-order valence-corrected chi connectivity index (χ4v) is 2.00. The summed E-state index contributed by atoms with van der Waals surface area (Å²) in [5.74, 6) is 1.51. The van der Waals surface area contributed by atoms with Gasteiger partial charge in [-0.3, -0.25) is 0 Å². The highest BCUT2D eigenvalue weighted by Crippen LogP contribution is 2.22. The van der Waals surface area contributed by atoms with E-state index in [0.717, 1.165) is 30.2 Å². The number of nitrogens with one attached hydrogen (secondary N) is 2. The predicted octanol–water partition coefficient (Wildman–Crippen LogP) is 3.55. The first-order valence-corrected chi connectivity index (χ1v) is 7.66. The van der Waals surface area contributed by atoms with Gasteiger partial charge in [-0.15, -0.1) is 0 Å². The third kappa shape index (κ3) is 6.40. The van der Waals surface area contributed by atoms with Crippen molar-refractivity contribution in [2.45, 2.75) is 6.42 Å². The van der Waals surface area contributed by atoms with Crippen LogP contribution in [0.3, 0.4) is 0 Å². The average Bonchev–Trinajstić information content (AvgIpc) is 2.54. The molecule has 23 heavy (non-hydrogen) atoms. The molecule has 0 aliphatic heterocycles. The van der Waals surface area contributed by atoms with Gasteiger partial charge in [0.05, 0.1) is 0 Å². The quantitative estimate of drug-likeness (QED) is 0.769. The molecule has 122 valence electrons. The van der Waals surface area contributed by atoms with E-state index in [2.05, 4.69) is 15.5 Å². The van der Waals surface area contributed by atoms with Gasteiger partial charge in [0, 0.05) is 12.2 Å². The third-order valence-electron chi connectivity index (χ3n) is 3.16. The van der Waals surface area contributed by atoms with Crippen LogP contribution in [0.1, 0.15) is 6.42 Å². The Morgan fingerprint density at radius 2 is 1.65 bits per heavy atom. The fraction of sp³-hybridized carbons (Fsp3) is 0.278. The molecule has 0 bridgehead atoms. The van der Waals surface area contributed by atoms with Crippen molar-refractivity contribution < 1.29 is 9.53 Å². The first-order chi connectivity index (χ1) is 11.1. The Balaban J connectivity index is 1.77. The minimum absolute atomic E-state index is 0.194. The summed E-state index contributed by atoms with van der Waals surface area (Å²) >= 11 is 0. The lowest BCUT2D eigenvalue weighted by molar-refractivity contribution is 0.251. The van der Waals surface area contributed by atoms with Crippen LogP contribution in [0.25, 0.3) is 0 Å². The smallest absolute Gasteiger partial charge is 0.319 e. The minimum atomic E-state index is -0.194. The van der Waals surface area contributed by atoms with Crippen LogP contribution in [-0.4, -0.2) is 38.1 Å². The molecule has 5 nitrogen and oxygen atoms in total. The summed E-state index contributed by atoms with van der Waals surface area (Å²) in [7, 11) is 4.03. The van der Waals surface area contributed by atoms with E-state index in [-0.39, 0.29) is 6.03 Å². The summed E-state index contributed by atoms with van der Waals surface area (Å²) in [4.78, 5) is 13.9. The summed E-state index contributed by atoms with van der Waals surface area (Å²) in [6.45, 7) is 1.60. The van der Waals surface area contributed by atoms with Crippen molar-refractivity contribution in [2.75, 3.05) is 32.5 Å². The monoisotopic (exact) mass is 313 g/mol. The number of hydrogen-bond donors (Lipinski definition) is 2. The van der Waals surface area contributed by atoms with Crippen LogP contribution < -0.4 is 15.4 Å². The number of carbonyl (C=O) groups excluding carboxylic acids is 1. The number of carbonyl (C=O) groups is 1. The molecule has 0 fully saturated rings. The van der Waals surface area contributed by atoms with Gasteiger partial charge in [-0.1, -0.05) is 18.2 Å². The van der Waals surface area contributed by atoms with Gasteiger partial charge in [0.15, 0.2) is 0 Å². The molecular formula is C18H23N3O2. The Labute approximate surface area is 137 Å². The van der Waals surface area contributed by atoms with Crippen LogP contribution >= 0.6 is 0 Å². The van der Waals surface area contributed by atoms with Gasteiger partial charge < -0.3 is 20.3 Å². The van der Waals surface area contributed by atoms with Crippen LogP contribution in [0.5, 0.6) is 11.5 Å². The molecule has 0 saturated heterocycles. The molecule has 2 N–H and O–H groups in total. The van der Waals surface area contributed by atoms with Crippen LogP contribution in [0.15, 0.2) is 54.6 Å². The Morgan fingerprint density at radius 1 is 1.00 bits per heavy atom. The lowest BCUT2D eigenvalue weighted by atomic mass is 10.3. The fourth-order valence-electron chi connectivity index (χ4n) is 2.00. The van der Waals surface area contributed by atoms with Crippen LogP contribution in [-0.2, 0) is 0 Å². The summed E-state index contributed by atoms with van der Waals surface area (Å²) in [6, 6.07) is 16.7. The second-order valence-corrected chi connectivity index (χ2v) is 5.48. The van der Waals surface area contributed by atoms with E-state index >= 15 is 0 Å². The average molecular weight is 313 g/mol. The molecular weight excluding hydrogens is 290 g/mol. The normalized spacial score (nSPS) is 10.4. The molecule has 0 aliphatic carbocycles. The number of benzene rings is 2. The van der Waals surface area contributed by atoms with Crippen molar-refractivity contribution in [3.63, 3.8) is 0 Å². The minimum Gasteiger partial charge on any atom is -0.457 e. The van der Waals surface area contributed by atoms with Crippen molar-refractivity contribution in [3.8, 4) is 11.5 Å². The zero-order valence-corrected chi connectivity index (χ0v) is 13.6. The lowest BCUT2D eigenvalue weighted by Gasteiger charge is -2.11. The maximum atomic E-state index is 11.8. The molecule has 2 aromatic carbocycles. The maximum absolute atomic E-state index is 11.8. The number of para-hydroxylation sites is 1. The zero-order valence-electron chi connectivity index (χ0n) is 13.6. The highest BCUT2D eigenvalue weighted by atomic mass is 16.5. The molecule has 0 aromatic heterocycles. The molecule has 0 atom stereocenters. The van der Waals surface area contributed by atoms with Crippen LogP contribution in [0, 0.1) is 0 Å². The number of urea groups is 1. The molecule has 0 radical (unpaired) electrons. The first-order valence-electron chi connectivity index (χ1n) is 7.66. The van der Waals surface area contributed by atoms with E-state index in [0.29, 0.717) is 6.54 Å². The predicted molar refractivity (Wildman–Crippen MR) is 93.2 cm³/mol. The van der Waals surface area contributed by atoms with Crippen molar-refractivity contribution >= 4 is 11.7 Å². The summed E-state index contributed by atoms with van der Waals surface area (Å²) in [5, 5.41) is 5.63. The Bertz CT molecular complexity index is 597. The second kappa shape index (κ2) is 8.80. The largest absolute Gasteiger partial charge is 0.457 e. The van der Waals surface area contributed by atoms with Crippen molar-refractivity contribution in [2.24, 2.45) is 0 Å². The Kier molecular flexibility index (Phi) is 6.44. The zero-order chi connectivity index (χ0) is 16.5. The highest BCUT2D eigenvalue weighted by molar-refractivity contribution is 5.89. The number of hydrogen-bond acceptors (Lipinski definition) is 3. The second-order valence-electron chi connectivity index (χ2n) is 5.48. The maximum Gasteiger partial charge on any atom is 0.319 e. The van der Waals surface area contributed by atoms with Gasteiger partial charge in [-0.25, -0.2) is 4.79 Å². The van der Waals surface area contributed by atoms with Crippen molar-refractivity contribution in [1.82, 2.24) is 10.2 Å². The molecule has 0 saturated carbocycles. The Hall–Kier alpha value is -2.53. The van der Waals surface area contributed by atoms with Gasteiger partial charge in [-0.05, 0) is 63.5 Å². The van der Waals surface area contributed by atoms with Gasteiger partial charge in [-0.2, -0.15) is 0 Å². The van der Waals surface area contributed by atoms with E-state index < -0.39 is 0 Å². The molecule has 0 spiro atoms. The highest BCUT2D eigenvalue weighted by Gasteiger charge is 2.02. The topological polar surface area (TPSA) is 53.6 Å². The molecule has 0 aliphatic rings. The number of amides is 2. The van der Waals surface area contributed by atoms with Gasteiger partial charge in [0.1, 0.15) is 11.5 Å².